The van der Waals surface area contributed by atoms with Crippen molar-refractivity contribution >= 4 is 17.4 Å². The summed E-state index contributed by atoms with van der Waals surface area (Å²) in [7, 11) is 0. The van der Waals surface area contributed by atoms with E-state index < -0.39 is 0 Å². The minimum absolute atomic E-state index is 0.0473. The van der Waals surface area contributed by atoms with Crippen LogP contribution >= 0.6 is 11.8 Å². The van der Waals surface area contributed by atoms with Crippen LogP contribution in [0.4, 0.5) is 5.69 Å². The molecular formula is C15H17NO2S. The summed E-state index contributed by atoms with van der Waals surface area (Å²) >= 11 is 1.67. The molecule has 0 amide bonds. The Morgan fingerprint density at radius 2 is 1.84 bits per heavy atom. The van der Waals surface area contributed by atoms with Crippen molar-refractivity contribution in [3.8, 4) is 11.5 Å². The summed E-state index contributed by atoms with van der Waals surface area (Å²) in [5, 5.41) is 22.5. The lowest BCUT2D eigenvalue weighted by molar-refractivity contribution is 0.444. The molecule has 3 N–H and O–H groups in total. The van der Waals surface area contributed by atoms with Crippen LogP contribution in [-0.2, 0) is 0 Å². The van der Waals surface area contributed by atoms with Crippen LogP contribution in [0.5, 0.6) is 11.5 Å². The van der Waals surface area contributed by atoms with Crippen molar-refractivity contribution in [3.63, 3.8) is 0 Å². The Kier molecular flexibility index (Phi) is 4.22. The second kappa shape index (κ2) is 5.89. The van der Waals surface area contributed by atoms with Gasteiger partial charge in [-0.2, -0.15) is 0 Å². The number of hydrogen-bond acceptors (Lipinski definition) is 4. The molecule has 4 heteroatoms. The topological polar surface area (TPSA) is 52.5 Å². The van der Waals surface area contributed by atoms with Gasteiger partial charge in [-0.1, -0.05) is 12.1 Å². The molecule has 0 fully saturated rings. The molecule has 0 saturated carbocycles. The molecule has 100 valence electrons. The van der Waals surface area contributed by atoms with E-state index in [9.17, 15) is 10.2 Å². The maximum Gasteiger partial charge on any atom is 0.124 e. The lowest BCUT2D eigenvalue weighted by Gasteiger charge is -2.18. The van der Waals surface area contributed by atoms with Crippen molar-refractivity contribution in [3.05, 3.63) is 48.0 Å². The van der Waals surface area contributed by atoms with Gasteiger partial charge < -0.3 is 15.5 Å². The van der Waals surface area contributed by atoms with E-state index in [0.29, 0.717) is 0 Å². The highest BCUT2D eigenvalue weighted by Gasteiger charge is 2.12. The van der Waals surface area contributed by atoms with E-state index in [2.05, 4.69) is 11.4 Å². The normalized spacial score (nSPS) is 12.1. The third-order valence-corrected chi connectivity index (χ3v) is 3.76. The Balaban J connectivity index is 2.23. The van der Waals surface area contributed by atoms with E-state index >= 15 is 0 Å². The molecule has 0 aliphatic rings. The monoisotopic (exact) mass is 275 g/mol. The minimum Gasteiger partial charge on any atom is -0.508 e. The second-order valence-electron chi connectivity index (χ2n) is 4.31. The number of phenols is 2. The molecule has 0 heterocycles. The number of rotatable bonds is 4. The molecule has 1 atom stereocenters. The lowest BCUT2D eigenvalue weighted by atomic mass is 10.1. The van der Waals surface area contributed by atoms with Gasteiger partial charge in [-0.25, -0.2) is 0 Å². The van der Waals surface area contributed by atoms with Crippen LogP contribution in [0.3, 0.4) is 0 Å². The fourth-order valence-corrected chi connectivity index (χ4v) is 2.53. The van der Waals surface area contributed by atoms with Gasteiger partial charge in [0.05, 0.1) is 6.04 Å². The third-order valence-electron chi connectivity index (χ3n) is 2.96. The molecule has 2 aromatic carbocycles. The number of para-hydroxylation sites is 1. The lowest BCUT2D eigenvalue weighted by Crippen LogP contribution is -2.07. The minimum atomic E-state index is -0.0473. The predicted molar refractivity (Wildman–Crippen MR) is 80.0 cm³/mol. The quantitative estimate of drug-likeness (QED) is 0.738. The number of phenolic OH excluding ortho intramolecular Hbond substituents is 2. The standard InChI is InChI=1S/C15H17NO2S/c1-10(12-8-7-11(17)9-14(12)18)16-13-5-3-4-6-15(13)19-2/h3-10,16-18H,1-2H3. The van der Waals surface area contributed by atoms with Crippen LogP contribution < -0.4 is 5.32 Å². The molecule has 19 heavy (non-hydrogen) atoms. The summed E-state index contributed by atoms with van der Waals surface area (Å²) in [5.41, 5.74) is 1.80. The first-order valence-corrected chi connectivity index (χ1v) is 7.25. The number of anilines is 1. The maximum absolute atomic E-state index is 9.86. The SMILES string of the molecule is CSc1ccccc1NC(C)c1ccc(O)cc1O. The molecule has 0 aliphatic heterocycles. The number of hydrogen-bond donors (Lipinski definition) is 3. The molecule has 0 bridgehead atoms. The highest BCUT2D eigenvalue weighted by Crippen LogP contribution is 2.32. The van der Waals surface area contributed by atoms with E-state index in [1.54, 1.807) is 23.9 Å². The van der Waals surface area contributed by atoms with Gasteiger partial charge in [-0.3, -0.25) is 0 Å². The predicted octanol–water partition coefficient (Wildman–Crippen LogP) is 3.99. The number of aromatic hydroxyl groups is 2. The smallest absolute Gasteiger partial charge is 0.124 e. The Morgan fingerprint density at radius 1 is 1.11 bits per heavy atom. The average Bonchev–Trinajstić information content (AvgIpc) is 2.39. The molecule has 0 aromatic heterocycles. The van der Waals surface area contributed by atoms with Gasteiger partial charge in [0, 0.05) is 22.2 Å². The zero-order valence-corrected chi connectivity index (χ0v) is 11.7. The molecule has 2 rings (SSSR count). The third kappa shape index (κ3) is 3.15. The number of nitrogens with one attached hydrogen (secondary N) is 1. The van der Waals surface area contributed by atoms with Crippen LogP contribution in [0.25, 0.3) is 0 Å². The van der Waals surface area contributed by atoms with Gasteiger partial charge in [0.1, 0.15) is 11.5 Å². The zero-order chi connectivity index (χ0) is 13.8. The summed E-state index contributed by atoms with van der Waals surface area (Å²) in [4.78, 5) is 1.16. The summed E-state index contributed by atoms with van der Waals surface area (Å²) < 4.78 is 0. The van der Waals surface area contributed by atoms with E-state index in [4.69, 9.17) is 0 Å². The van der Waals surface area contributed by atoms with Gasteiger partial charge in [0.2, 0.25) is 0 Å². The van der Waals surface area contributed by atoms with Crippen LogP contribution in [0.15, 0.2) is 47.4 Å². The van der Waals surface area contributed by atoms with Crippen molar-refractivity contribution in [1.82, 2.24) is 0 Å². The highest BCUT2D eigenvalue weighted by atomic mass is 32.2. The van der Waals surface area contributed by atoms with Crippen LogP contribution in [0.1, 0.15) is 18.5 Å². The Morgan fingerprint density at radius 3 is 2.53 bits per heavy atom. The fraction of sp³-hybridized carbons (Fsp3) is 0.200. The first-order chi connectivity index (χ1) is 9.11. The fourth-order valence-electron chi connectivity index (χ4n) is 1.97. The van der Waals surface area contributed by atoms with Crippen LogP contribution in [0, 0.1) is 0 Å². The average molecular weight is 275 g/mol. The highest BCUT2D eigenvalue weighted by molar-refractivity contribution is 7.98. The molecule has 0 saturated heterocycles. The van der Waals surface area contributed by atoms with Crippen LogP contribution in [-0.4, -0.2) is 16.5 Å². The van der Waals surface area contributed by atoms with Crippen molar-refractivity contribution in [2.75, 3.05) is 11.6 Å². The molecule has 3 nitrogen and oxygen atoms in total. The summed E-state index contributed by atoms with van der Waals surface area (Å²) in [6.45, 7) is 1.98. The van der Waals surface area contributed by atoms with E-state index in [1.807, 2.05) is 31.4 Å². The molecule has 2 aromatic rings. The number of thioether (sulfide) groups is 1. The Hall–Kier alpha value is -1.81. The van der Waals surface area contributed by atoms with Crippen LogP contribution in [0.2, 0.25) is 0 Å². The molecule has 1 unspecified atom stereocenters. The van der Waals surface area contributed by atoms with E-state index in [-0.39, 0.29) is 17.5 Å². The molecule has 0 spiro atoms. The van der Waals surface area contributed by atoms with Gasteiger partial charge in [-0.15, -0.1) is 11.8 Å². The van der Waals surface area contributed by atoms with Gasteiger partial charge in [-0.05, 0) is 37.4 Å². The summed E-state index contributed by atoms with van der Waals surface area (Å²) in [6, 6.07) is 12.7. The first kappa shape index (κ1) is 13.6. The molecule has 0 aliphatic carbocycles. The van der Waals surface area contributed by atoms with E-state index in [1.165, 1.54) is 6.07 Å². The molecule has 0 radical (unpaired) electrons. The van der Waals surface area contributed by atoms with Gasteiger partial charge in [0.15, 0.2) is 0 Å². The van der Waals surface area contributed by atoms with Crippen molar-refractivity contribution < 1.29 is 10.2 Å². The van der Waals surface area contributed by atoms with E-state index in [0.717, 1.165) is 16.1 Å². The summed E-state index contributed by atoms with van der Waals surface area (Å²) in [5.74, 6) is 0.166. The zero-order valence-electron chi connectivity index (χ0n) is 10.9. The largest absolute Gasteiger partial charge is 0.508 e. The maximum atomic E-state index is 9.86. The molecular weight excluding hydrogens is 258 g/mol. The Bertz CT molecular complexity index is 572. The van der Waals surface area contributed by atoms with Crippen molar-refractivity contribution in [1.29, 1.82) is 0 Å². The van der Waals surface area contributed by atoms with Gasteiger partial charge in [0.25, 0.3) is 0 Å². The second-order valence-corrected chi connectivity index (χ2v) is 5.16. The van der Waals surface area contributed by atoms with Gasteiger partial charge >= 0.3 is 0 Å². The van der Waals surface area contributed by atoms with Crippen molar-refractivity contribution in [2.24, 2.45) is 0 Å². The summed E-state index contributed by atoms with van der Waals surface area (Å²) in [6.07, 6.45) is 2.03. The first-order valence-electron chi connectivity index (χ1n) is 6.03. The number of benzene rings is 2. The van der Waals surface area contributed by atoms with Crippen molar-refractivity contribution in [2.45, 2.75) is 17.9 Å². The Labute approximate surface area is 117 Å².